The Kier molecular flexibility index (Phi) is 4.04. The van der Waals surface area contributed by atoms with E-state index in [1.165, 1.54) is 11.8 Å². The van der Waals surface area contributed by atoms with Crippen LogP contribution in [-0.4, -0.2) is 10.1 Å². The Morgan fingerprint density at radius 1 is 1.10 bits per heavy atom. The lowest BCUT2D eigenvalue weighted by atomic mass is 10.1. The minimum atomic E-state index is 0.288. The van der Waals surface area contributed by atoms with E-state index in [0.717, 1.165) is 27.1 Å². The first-order valence-corrected chi connectivity index (χ1v) is 7.97. The van der Waals surface area contributed by atoms with Crippen LogP contribution in [0.4, 0.5) is 0 Å². The number of thioether (sulfide) groups is 1. The number of phenols is 1. The van der Waals surface area contributed by atoms with E-state index in [0.29, 0.717) is 10.8 Å². The molecule has 1 N–H and O–H groups in total. The second-order valence-electron chi connectivity index (χ2n) is 4.77. The first-order valence-electron chi connectivity index (χ1n) is 6.61. The molecule has 0 aliphatic carbocycles. The first kappa shape index (κ1) is 14.2. The fourth-order valence-electron chi connectivity index (χ4n) is 2.24. The molecule has 0 fully saturated rings. The number of hydrogen-bond acceptors (Lipinski definition) is 3. The average Bonchev–Trinajstić information content (AvgIpc) is 2.51. The van der Waals surface area contributed by atoms with Crippen molar-refractivity contribution < 1.29 is 5.11 Å². The van der Waals surface area contributed by atoms with Gasteiger partial charge in [0.25, 0.3) is 0 Å². The highest BCUT2D eigenvalue weighted by Crippen LogP contribution is 2.34. The van der Waals surface area contributed by atoms with E-state index < -0.39 is 0 Å². The van der Waals surface area contributed by atoms with Gasteiger partial charge in [-0.25, -0.2) is 0 Å². The molecule has 3 aromatic rings. The van der Waals surface area contributed by atoms with Crippen molar-refractivity contribution in [2.45, 2.75) is 17.6 Å². The van der Waals surface area contributed by atoms with Gasteiger partial charge in [0, 0.05) is 16.0 Å². The van der Waals surface area contributed by atoms with Gasteiger partial charge < -0.3 is 5.11 Å². The van der Waals surface area contributed by atoms with Gasteiger partial charge in [-0.2, -0.15) is 0 Å². The zero-order chi connectivity index (χ0) is 14.8. The second kappa shape index (κ2) is 5.96. The van der Waals surface area contributed by atoms with Gasteiger partial charge in [0.15, 0.2) is 0 Å². The Morgan fingerprint density at radius 3 is 2.62 bits per heavy atom. The lowest BCUT2D eigenvalue weighted by molar-refractivity contribution is 0.462. The predicted molar refractivity (Wildman–Crippen MR) is 89.2 cm³/mol. The molecule has 0 saturated carbocycles. The number of benzene rings is 2. The monoisotopic (exact) mass is 315 g/mol. The topological polar surface area (TPSA) is 33.1 Å². The number of pyridine rings is 1. The van der Waals surface area contributed by atoms with E-state index in [-0.39, 0.29) is 5.75 Å². The molecule has 2 aromatic carbocycles. The maximum Gasteiger partial charge on any atom is 0.129 e. The van der Waals surface area contributed by atoms with E-state index in [1.807, 2.05) is 49.4 Å². The van der Waals surface area contributed by atoms with Gasteiger partial charge in [0.1, 0.15) is 5.75 Å². The Morgan fingerprint density at radius 2 is 1.81 bits per heavy atom. The molecule has 4 heteroatoms. The van der Waals surface area contributed by atoms with Crippen LogP contribution in [0.1, 0.15) is 11.3 Å². The molecule has 2 nitrogen and oxygen atoms in total. The number of hydrogen-bond donors (Lipinski definition) is 1. The zero-order valence-corrected chi connectivity index (χ0v) is 13.1. The molecule has 21 heavy (non-hydrogen) atoms. The third-order valence-electron chi connectivity index (χ3n) is 3.38. The van der Waals surface area contributed by atoms with Crippen LogP contribution in [0.15, 0.2) is 53.4 Å². The average molecular weight is 316 g/mol. The largest absolute Gasteiger partial charge is 0.507 e. The van der Waals surface area contributed by atoms with Crippen LogP contribution in [0, 0.1) is 6.92 Å². The smallest absolute Gasteiger partial charge is 0.129 e. The number of rotatable bonds is 3. The number of phenolic OH excluding ortho intramolecular Hbond substituents is 1. The van der Waals surface area contributed by atoms with E-state index >= 15 is 0 Å². The maximum absolute atomic E-state index is 9.81. The summed E-state index contributed by atoms with van der Waals surface area (Å²) in [5, 5.41) is 11.6. The van der Waals surface area contributed by atoms with E-state index in [4.69, 9.17) is 11.6 Å². The lowest BCUT2D eigenvalue weighted by Gasteiger charge is -2.10. The number of aromatic nitrogens is 1. The standard InChI is InChI=1S/C17H14ClNOS/c1-11-12-6-2-3-7-13(12)19-14(17(11)18)10-21-16-9-5-4-8-15(16)20/h2-9,20H,10H2,1H3. The number of halogens is 1. The SMILES string of the molecule is Cc1c(Cl)c(CSc2ccccc2O)nc2ccccc12. The minimum Gasteiger partial charge on any atom is -0.507 e. The Labute approximate surface area is 132 Å². The second-order valence-corrected chi connectivity index (χ2v) is 6.17. The van der Waals surface area contributed by atoms with Crippen LogP contribution in [-0.2, 0) is 5.75 Å². The fourth-order valence-corrected chi connectivity index (χ4v) is 3.42. The van der Waals surface area contributed by atoms with Gasteiger partial charge in [-0.15, -0.1) is 11.8 Å². The third-order valence-corrected chi connectivity index (χ3v) is 4.95. The summed E-state index contributed by atoms with van der Waals surface area (Å²) in [6, 6.07) is 15.3. The van der Waals surface area contributed by atoms with Crippen molar-refractivity contribution in [3.8, 4) is 5.75 Å². The lowest BCUT2D eigenvalue weighted by Crippen LogP contribution is -1.94. The number of aromatic hydroxyl groups is 1. The van der Waals surface area contributed by atoms with Crippen molar-refractivity contribution in [2.75, 3.05) is 0 Å². The maximum atomic E-state index is 9.81. The summed E-state index contributed by atoms with van der Waals surface area (Å²) in [7, 11) is 0. The van der Waals surface area contributed by atoms with Crippen LogP contribution in [0.3, 0.4) is 0 Å². The molecule has 0 atom stereocenters. The van der Waals surface area contributed by atoms with Crippen LogP contribution in [0.5, 0.6) is 5.75 Å². The number of aryl methyl sites for hydroxylation is 1. The molecular formula is C17H14ClNOS. The molecule has 0 aliphatic rings. The Hall–Kier alpha value is -1.71. The van der Waals surface area contributed by atoms with Crippen molar-refractivity contribution in [2.24, 2.45) is 0 Å². The zero-order valence-electron chi connectivity index (χ0n) is 11.5. The first-order chi connectivity index (χ1) is 10.2. The molecule has 0 spiro atoms. The summed E-state index contributed by atoms with van der Waals surface area (Å²) in [5.74, 6) is 0.915. The normalized spacial score (nSPS) is 11.0. The molecule has 0 aliphatic heterocycles. The summed E-state index contributed by atoms with van der Waals surface area (Å²) in [5.41, 5.74) is 2.85. The van der Waals surface area contributed by atoms with Crippen molar-refractivity contribution >= 4 is 34.3 Å². The van der Waals surface area contributed by atoms with E-state index in [9.17, 15) is 5.11 Å². The van der Waals surface area contributed by atoms with Gasteiger partial charge in [0.05, 0.1) is 16.2 Å². The molecule has 0 bridgehead atoms. The summed E-state index contributed by atoms with van der Waals surface area (Å²) >= 11 is 7.97. The highest BCUT2D eigenvalue weighted by atomic mass is 35.5. The van der Waals surface area contributed by atoms with Gasteiger partial charge in [-0.3, -0.25) is 4.98 Å². The van der Waals surface area contributed by atoms with Gasteiger partial charge in [-0.1, -0.05) is 41.9 Å². The number of nitrogens with zero attached hydrogens (tertiary/aromatic N) is 1. The molecule has 3 rings (SSSR count). The fraction of sp³-hybridized carbons (Fsp3) is 0.118. The molecule has 0 saturated heterocycles. The quantitative estimate of drug-likeness (QED) is 0.675. The van der Waals surface area contributed by atoms with Crippen LogP contribution >= 0.6 is 23.4 Å². The summed E-state index contributed by atoms with van der Waals surface area (Å²) in [4.78, 5) is 5.48. The summed E-state index contributed by atoms with van der Waals surface area (Å²) in [6.45, 7) is 2.01. The molecule has 0 amide bonds. The van der Waals surface area contributed by atoms with Crippen molar-refractivity contribution in [3.63, 3.8) is 0 Å². The molecule has 1 heterocycles. The van der Waals surface area contributed by atoms with Gasteiger partial charge in [-0.05, 0) is 30.7 Å². The summed E-state index contributed by atoms with van der Waals surface area (Å²) in [6.07, 6.45) is 0. The Bertz CT molecular complexity index is 804. The van der Waals surface area contributed by atoms with Crippen LogP contribution in [0.25, 0.3) is 10.9 Å². The van der Waals surface area contributed by atoms with Crippen LogP contribution < -0.4 is 0 Å². The van der Waals surface area contributed by atoms with E-state index in [1.54, 1.807) is 6.07 Å². The molecule has 0 radical (unpaired) electrons. The predicted octanol–water partition coefficient (Wildman–Crippen LogP) is 5.19. The highest BCUT2D eigenvalue weighted by Gasteiger charge is 2.11. The Balaban J connectivity index is 1.94. The summed E-state index contributed by atoms with van der Waals surface area (Å²) < 4.78 is 0. The van der Waals surface area contributed by atoms with E-state index in [2.05, 4.69) is 4.98 Å². The van der Waals surface area contributed by atoms with Gasteiger partial charge in [0.2, 0.25) is 0 Å². The van der Waals surface area contributed by atoms with Crippen molar-refractivity contribution in [3.05, 3.63) is 64.8 Å². The molecular weight excluding hydrogens is 302 g/mol. The third kappa shape index (κ3) is 2.85. The number of para-hydroxylation sites is 2. The molecule has 1 aromatic heterocycles. The number of fused-ring (bicyclic) bond motifs is 1. The van der Waals surface area contributed by atoms with Crippen molar-refractivity contribution in [1.82, 2.24) is 4.98 Å². The molecule has 106 valence electrons. The molecule has 0 unspecified atom stereocenters. The van der Waals surface area contributed by atoms with Crippen molar-refractivity contribution in [1.29, 1.82) is 0 Å². The van der Waals surface area contributed by atoms with Gasteiger partial charge >= 0.3 is 0 Å². The highest BCUT2D eigenvalue weighted by molar-refractivity contribution is 7.98. The minimum absolute atomic E-state index is 0.288. The van der Waals surface area contributed by atoms with Crippen LogP contribution in [0.2, 0.25) is 5.02 Å².